The lowest BCUT2D eigenvalue weighted by molar-refractivity contribution is 0.0690. The maximum Gasteiger partial charge on any atom is 0.253 e. The first-order valence-corrected chi connectivity index (χ1v) is 11.0. The van der Waals surface area contributed by atoms with E-state index in [1.807, 2.05) is 18.7 Å². The van der Waals surface area contributed by atoms with Gasteiger partial charge in [0.2, 0.25) is 10.0 Å². The molecule has 1 aliphatic heterocycles. The summed E-state index contributed by atoms with van der Waals surface area (Å²) in [5.74, 6) is 0.610. The lowest BCUT2D eigenvalue weighted by atomic mass is 9.96. The van der Waals surface area contributed by atoms with E-state index in [0.717, 1.165) is 39.0 Å². The second-order valence-corrected chi connectivity index (χ2v) is 8.59. The molecule has 1 aromatic carbocycles. The van der Waals surface area contributed by atoms with E-state index in [-0.39, 0.29) is 23.2 Å². The van der Waals surface area contributed by atoms with Gasteiger partial charge in [-0.25, -0.2) is 8.42 Å². The van der Waals surface area contributed by atoms with Gasteiger partial charge in [0.05, 0.1) is 4.90 Å². The third-order valence-electron chi connectivity index (χ3n) is 5.03. The highest BCUT2D eigenvalue weighted by molar-refractivity contribution is 7.89. The number of nitrogens with one attached hydrogen (secondary N) is 1. The summed E-state index contributed by atoms with van der Waals surface area (Å²) in [6.45, 7) is 10.1. The summed E-state index contributed by atoms with van der Waals surface area (Å²) in [6.07, 6.45) is 2.01. The van der Waals surface area contributed by atoms with E-state index in [0.29, 0.717) is 24.6 Å². The molecule has 0 unspecified atom stereocenters. The van der Waals surface area contributed by atoms with Crippen LogP contribution in [0.15, 0.2) is 29.2 Å². The van der Waals surface area contributed by atoms with Crippen molar-refractivity contribution in [2.24, 2.45) is 5.92 Å². The van der Waals surface area contributed by atoms with E-state index in [4.69, 9.17) is 0 Å². The molecule has 27 heavy (non-hydrogen) atoms. The fraction of sp³-hybridized carbons (Fsp3) is 0.632. The first-order chi connectivity index (χ1) is 12.4. The lowest BCUT2D eigenvalue weighted by Crippen LogP contribution is -2.40. The van der Waals surface area contributed by atoms with E-state index in [2.05, 4.69) is 12.2 Å². The fourth-order valence-electron chi connectivity index (χ4n) is 3.35. The molecule has 1 aromatic rings. The molecule has 1 N–H and O–H groups in total. The van der Waals surface area contributed by atoms with Crippen LogP contribution in [0.25, 0.3) is 0 Å². The van der Waals surface area contributed by atoms with Crippen molar-refractivity contribution in [1.82, 2.24) is 14.5 Å². The molecule has 0 atom stereocenters. The number of carbonyl (C=O) groups excluding carboxylic acids is 1. The molecule has 6 nitrogen and oxygen atoms in total. The number of rotatable bonds is 8. The molecular formula is C19H32ClN3O3S. The molecule has 1 fully saturated rings. The Morgan fingerprint density at radius 1 is 1.11 bits per heavy atom. The molecule has 1 heterocycles. The normalized spacial score (nSPS) is 15.6. The average Bonchev–Trinajstić information content (AvgIpc) is 2.67. The molecule has 2 rings (SSSR count). The summed E-state index contributed by atoms with van der Waals surface area (Å²) in [6, 6.07) is 6.34. The number of benzene rings is 1. The SMILES string of the molecule is CCNCC1CCN(C(=O)c2ccc(S(=O)(=O)N(CC)CC)cc2)CC1.Cl. The number of hydrogen-bond acceptors (Lipinski definition) is 4. The topological polar surface area (TPSA) is 69.7 Å². The molecule has 0 aliphatic carbocycles. The Morgan fingerprint density at radius 3 is 2.15 bits per heavy atom. The van der Waals surface area contributed by atoms with Gasteiger partial charge in [-0.15, -0.1) is 12.4 Å². The zero-order chi connectivity index (χ0) is 19.2. The summed E-state index contributed by atoms with van der Waals surface area (Å²) in [7, 11) is -3.48. The van der Waals surface area contributed by atoms with E-state index in [1.165, 1.54) is 4.31 Å². The van der Waals surface area contributed by atoms with Gasteiger partial charge < -0.3 is 10.2 Å². The van der Waals surface area contributed by atoms with Crippen LogP contribution in [0.4, 0.5) is 0 Å². The predicted molar refractivity (Wildman–Crippen MR) is 111 cm³/mol. The Morgan fingerprint density at radius 2 is 1.67 bits per heavy atom. The highest BCUT2D eigenvalue weighted by Crippen LogP contribution is 2.20. The number of likely N-dealkylation sites (tertiary alicyclic amines) is 1. The third-order valence-corrected chi connectivity index (χ3v) is 7.09. The van der Waals surface area contributed by atoms with Gasteiger partial charge in [0.1, 0.15) is 0 Å². The zero-order valence-electron chi connectivity index (χ0n) is 16.5. The first-order valence-electron chi connectivity index (χ1n) is 9.54. The van der Waals surface area contributed by atoms with Crippen LogP contribution in [0.5, 0.6) is 0 Å². The molecule has 1 amide bonds. The molecule has 0 bridgehead atoms. The quantitative estimate of drug-likeness (QED) is 0.705. The van der Waals surface area contributed by atoms with Gasteiger partial charge in [0.25, 0.3) is 5.91 Å². The second kappa shape index (κ2) is 11.0. The number of piperidine rings is 1. The van der Waals surface area contributed by atoms with Crippen LogP contribution in [0.2, 0.25) is 0 Å². The third kappa shape index (κ3) is 5.91. The van der Waals surface area contributed by atoms with E-state index in [9.17, 15) is 13.2 Å². The van der Waals surface area contributed by atoms with Crippen molar-refractivity contribution in [1.29, 1.82) is 0 Å². The highest BCUT2D eigenvalue weighted by atomic mass is 35.5. The predicted octanol–water partition coefficient (Wildman–Crippen LogP) is 2.60. The monoisotopic (exact) mass is 417 g/mol. The van der Waals surface area contributed by atoms with Crippen LogP contribution in [-0.4, -0.2) is 62.8 Å². The van der Waals surface area contributed by atoms with Crippen LogP contribution in [0, 0.1) is 5.92 Å². The van der Waals surface area contributed by atoms with Crippen LogP contribution < -0.4 is 5.32 Å². The molecular weight excluding hydrogens is 386 g/mol. The summed E-state index contributed by atoms with van der Waals surface area (Å²) in [4.78, 5) is 14.8. The smallest absolute Gasteiger partial charge is 0.253 e. The van der Waals surface area contributed by atoms with Crippen LogP contribution >= 0.6 is 12.4 Å². The number of amides is 1. The van der Waals surface area contributed by atoms with Gasteiger partial charge in [0, 0.05) is 31.7 Å². The van der Waals surface area contributed by atoms with Gasteiger partial charge in [-0.3, -0.25) is 4.79 Å². The summed E-state index contributed by atoms with van der Waals surface area (Å²) < 4.78 is 26.5. The molecule has 0 radical (unpaired) electrons. The zero-order valence-corrected chi connectivity index (χ0v) is 18.1. The molecule has 1 saturated heterocycles. The molecule has 1 aliphatic rings. The summed E-state index contributed by atoms with van der Waals surface area (Å²) in [5.41, 5.74) is 0.550. The lowest BCUT2D eigenvalue weighted by Gasteiger charge is -2.32. The van der Waals surface area contributed by atoms with Crippen molar-refractivity contribution in [3.05, 3.63) is 29.8 Å². The van der Waals surface area contributed by atoms with Crippen LogP contribution in [-0.2, 0) is 10.0 Å². The molecule has 0 aromatic heterocycles. The van der Waals surface area contributed by atoms with Crippen LogP contribution in [0.3, 0.4) is 0 Å². The van der Waals surface area contributed by atoms with Gasteiger partial charge in [0.15, 0.2) is 0 Å². The molecule has 8 heteroatoms. The van der Waals surface area contributed by atoms with E-state index >= 15 is 0 Å². The molecule has 154 valence electrons. The minimum absolute atomic E-state index is 0. The van der Waals surface area contributed by atoms with Crippen molar-refractivity contribution in [2.45, 2.75) is 38.5 Å². The second-order valence-electron chi connectivity index (χ2n) is 6.66. The van der Waals surface area contributed by atoms with E-state index < -0.39 is 10.0 Å². The van der Waals surface area contributed by atoms with Crippen LogP contribution in [0.1, 0.15) is 44.0 Å². The minimum atomic E-state index is -3.48. The summed E-state index contributed by atoms with van der Waals surface area (Å²) in [5, 5.41) is 3.37. The van der Waals surface area contributed by atoms with Gasteiger partial charge in [-0.1, -0.05) is 20.8 Å². The van der Waals surface area contributed by atoms with Crippen molar-refractivity contribution in [3.63, 3.8) is 0 Å². The Balaban J connectivity index is 0.00000364. The maximum atomic E-state index is 12.7. The van der Waals surface area contributed by atoms with Crippen molar-refractivity contribution in [2.75, 3.05) is 39.3 Å². The number of sulfonamides is 1. The first kappa shape index (κ1) is 23.9. The number of halogens is 1. The minimum Gasteiger partial charge on any atom is -0.339 e. The van der Waals surface area contributed by atoms with Crippen molar-refractivity contribution >= 4 is 28.3 Å². The molecule has 0 saturated carbocycles. The van der Waals surface area contributed by atoms with E-state index in [1.54, 1.807) is 24.3 Å². The van der Waals surface area contributed by atoms with Crippen molar-refractivity contribution in [3.8, 4) is 0 Å². The Labute approximate surface area is 169 Å². The highest BCUT2D eigenvalue weighted by Gasteiger charge is 2.25. The molecule has 0 spiro atoms. The largest absolute Gasteiger partial charge is 0.339 e. The van der Waals surface area contributed by atoms with Gasteiger partial charge >= 0.3 is 0 Å². The fourth-order valence-corrected chi connectivity index (χ4v) is 4.81. The Bertz CT molecular complexity index is 683. The summed E-state index contributed by atoms with van der Waals surface area (Å²) >= 11 is 0. The maximum absolute atomic E-state index is 12.7. The Kier molecular flexibility index (Phi) is 9.73. The number of nitrogens with zero attached hydrogens (tertiary/aromatic N) is 2. The Hall–Kier alpha value is -1.15. The van der Waals surface area contributed by atoms with Gasteiger partial charge in [-0.2, -0.15) is 4.31 Å². The van der Waals surface area contributed by atoms with Gasteiger partial charge in [-0.05, 0) is 56.1 Å². The average molecular weight is 418 g/mol. The number of carbonyl (C=O) groups is 1. The van der Waals surface area contributed by atoms with Crippen molar-refractivity contribution < 1.29 is 13.2 Å². The number of hydrogen-bond donors (Lipinski definition) is 1. The standard InChI is InChI=1S/C19H31N3O3S.ClH/c1-4-20-15-16-11-13-21(14-12-16)19(23)17-7-9-18(10-8-17)26(24,25)22(5-2)6-3;/h7-10,16,20H,4-6,11-15H2,1-3H3;1H.